The zero-order chi connectivity index (χ0) is 14.1. The summed E-state index contributed by atoms with van der Waals surface area (Å²) in [5.74, 6) is 0.252. The van der Waals surface area contributed by atoms with Gasteiger partial charge in [0.05, 0.1) is 6.54 Å². The lowest BCUT2D eigenvalue weighted by atomic mass is 10.1. The highest BCUT2D eigenvalue weighted by molar-refractivity contribution is 7.14. The fraction of sp³-hybridized carbons (Fsp3) is 0.429. The molecule has 0 spiro atoms. The molecule has 3 heterocycles. The predicted molar refractivity (Wildman–Crippen MR) is 77.0 cm³/mol. The summed E-state index contributed by atoms with van der Waals surface area (Å²) in [5, 5.41) is 9.06. The van der Waals surface area contributed by atoms with Crippen molar-refractivity contribution in [1.82, 2.24) is 14.5 Å². The number of thiophene rings is 1. The predicted octanol–water partition coefficient (Wildman–Crippen LogP) is 2.22. The second-order valence-corrected chi connectivity index (χ2v) is 6.09. The first-order valence-corrected chi connectivity index (χ1v) is 7.56. The van der Waals surface area contributed by atoms with Crippen LogP contribution >= 0.6 is 11.3 Å². The van der Waals surface area contributed by atoms with Crippen LogP contribution in [0.5, 0.6) is 0 Å². The van der Waals surface area contributed by atoms with E-state index in [0.717, 1.165) is 44.0 Å². The maximum Gasteiger partial charge on any atom is 0.345 e. The minimum Gasteiger partial charge on any atom is -0.477 e. The Hall–Kier alpha value is -1.66. The molecule has 3 rings (SSSR count). The summed E-state index contributed by atoms with van der Waals surface area (Å²) < 4.78 is 2.14. The Balaban J connectivity index is 1.74. The van der Waals surface area contributed by atoms with E-state index in [1.54, 1.807) is 0 Å². The Morgan fingerprint density at radius 1 is 1.55 bits per heavy atom. The van der Waals surface area contributed by atoms with Crippen LogP contribution < -0.4 is 0 Å². The zero-order valence-corrected chi connectivity index (χ0v) is 12.2. The van der Waals surface area contributed by atoms with Crippen LogP contribution in [0.4, 0.5) is 0 Å². The number of hydrogen-bond acceptors (Lipinski definition) is 4. The third-order valence-electron chi connectivity index (χ3n) is 3.66. The van der Waals surface area contributed by atoms with E-state index >= 15 is 0 Å². The van der Waals surface area contributed by atoms with Gasteiger partial charge in [-0.1, -0.05) is 0 Å². The van der Waals surface area contributed by atoms with Gasteiger partial charge in [0.15, 0.2) is 0 Å². The Kier molecular flexibility index (Phi) is 3.58. The van der Waals surface area contributed by atoms with Gasteiger partial charge < -0.3 is 9.67 Å². The number of imidazole rings is 1. The maximum absolute atomic E-state index is 11.0. The molecule has 1 N–H and O–H groups in total. The number of aromatic carboxylic acids is 1. The Morgan fingerprint density at radius 2 is 2.40 bits per heavy atom. The molecular formula is C14H17N3O2S. The fourth-order valence-corrected chi connectivity index (χ4v) is 3.61. The lowest BCUT2D eigenvalue weighted by Gasteiger charge is -2.26. The summed E-state index contributed by atoms with van der Waals surface area (Å²) in [6, 6.07) is 1.82. The van der Waals surface area contributed by atoms with Crippen molar-refractivity contribution in [2.24, 2.45) is 0 Å². The second-order valence-electron chi connectivity index (χ2n) is 4.95. The molecule has 1 aliphatic heterocycles. The number of carbonyl (C=O) groups is 1. The molecule has 0 atom stereocenters. The quantitative estimate of drug-likeness (QED) is 0.938. The highest BCUT2D eigenvalue weighted by atomic mass is 32.1. The first-order chi connectivity index (χ1) is 9.67. The normalized spacial score (nSPS) is 15.2. The Labute approximate surface area is 121 Å². The molecule has 0 bridgehead atoms. The van der Waals surface area contributed by atoms with Crippen molar-refractivity contribution in [3.63, 3.8) is 0 Å². The summed E-state index contributed by atoms with van der Waals surface area (Å²) in [5.41, 5.74) is 1.16. The molecule has 2 aromatic rings. The highest BCUT2D eigenvalue weighted by Gasteiger charge is 2.22. The molecule has 0 unspecified atom stereocenters. The van der Waals surface area contributed by atoms with E-state index < -0.39 is 5.97 Å². The van der Waals surface area contributed by atoms with E-state index in [1.165, 1.54) is 16.2 Å². The van der Waals surface area contributed by atoms with Gasteiger partial charge in [-0.05, 0) is 25.0 Å². The summed E-state index contributed by atoms with van der Waals surface area (Å²) in [6.07, 6.45) is 4.76. The number of rotatable bonds is 4. The van der Waals surface area contributed by atoms with Crippen LogP contribution in [0.25, 0.3) is 0 Å². The number of aryl methyl sites for hydroxylation is 1. The van der Waals surface area contributed by atoms with Gasteiger partial charge in [-0.3, -0.25) is 4.90 Å². The number of nitrogens with zero attached hydrogens (tertiary/aromatic N) is 3. The van der Waals surface area contributed by atoms with Gasteiger partial charge >= 0.3 is 5.97 Å². The summed E-state index contributed by atoms with van der Waals surface area (Å²) in [6.45, 7) is 5.63. The minimum atomic E-state index is -0.822. The molecule has 0 aliphatic carbocycles. The van der Waals surface area contributed by atoms with Crippen LogP contribution in [0.15, 0.2) is 18.5 Å². The van der Waals surface area contributed by atoms with Crippen molar-refractivity contribution in [3.05, 3.63) is 39.6 Å². The van der Waals surface area contributed by atoms with Gasteiger partial charge in [-0.15, -0.1) is 11.3 Å². The van der Waals surface area contributed by atoms with Crippen molar-refractivity contribution in [2.75, 3.05) is 6.54 Å². The van der Waals surface area contributed by atoms with Gasteiger partial charge in [0, 0.05) is 36.9 Å². The van der Waals surface area contributed by atoms with E-state index in [4.69, 9.17) is 5.11 Å². The van der Waals surface area contributed by atoms with Crippen molar-refractivity contribution in [1.29, 1.82) is 0 Å². The standard InChI is InChI=1S/C14H17N3O2S/c1-2-17-6-4-15-13(17)9-16-5-3-11-10(8-16)7-12(20-11)14(18)19/h4,6-7H,2-3,5,8-9H2,1H3,(H,18,19). The van der Waals surface area contributed by atoms with E-state index in [9.17, 15) is 4.79 Å². The molecule has 0 aromatic carbocycles. The van der Waals surface area contributed by atoms with Gasteiger partial charge in [0.1, 0.15) is 10.7 Å². The minimum absolute atomic E-state index is 0.451. The van der Waals surface area contributed by atoms with Crippen LogP contribution in [0.2, 0.25) is 0 Å². The van der Waals surface area contributed by atoms with Crippen molar-refractivity contribution < 1.29 is 9.90 Å². The summed E-state index contributed by atoms with van der Waals surface area (Å²) in [7, 11) is 0. The topological polar surface area (TPSA) is 58.4 Å². The number of hydrogen-bond donors (Lipinski definition) is 1. The van der Waals surface area contributed by atoms with Gasteiger partial charge in [-0.2, -0.15) is 0 Å². The van der Waals surface area contributed by atoms with Crippen LogP contribution in [-0.4, -0.2) is 32.1 Å². The molecule has 1 aliphatic rings. The molecule has 5 nitrogen and oxygen atoms in total. The van der Waals surface area contributed by atoms with E-state index in [1.807, 2.05) is 18.5 Å². The second kappa shape index (κ2) is 5.38. The zero-order valence-electron chi connectivity index (χ0n) is 11.4. The van der Waals surface area contributed by atoms with Crippen LogP contribution in [0, 0.1) is 0 Å². The molecule has 6 heteroatoms. The maximum atomic E-state index is 11.0. The third kappa shape index (κ3) is 2.48. The van der Waals surface area contributed by atoms with E-state index in [2.05, 4.69) is 21.4 Å². The molecular weight excluding hydrogens is 274 g/mol. The van der Waals surface area contributed by atoms with Crippen molar-refractivity contribution in [3.8, 4) is 0 Å². The van der Waals surface area contributed by atoms with E-state index in [0.29, 0.717) is 4.88 Å². The van der Waals surface area contributed by atoms with E-state index in [-0.39, 0.29) is 0 Å². The monoisotopic (exact) mass is 291 g/mol. The van der Waals surface area contributed by atoms with Crippen molar-refractivity contribution >= 4 is 17.3 Å². The molecule has 0 saturated carbocycles. The van der Waals surface area contributed by atoms with Crippen molar-refractivity contribution in [2.45, 2.75) is 33.0 Å². The average Bonchev–Trinajstić information content (AvgIpc) is 3.04. The van der Waals surface area contributed by atoms with Gasteiger partial charge in [-0.25, -0.2) is 9.78 Å². The SMILES string of the molecule is CCn1ccnc1CN1CCc2sc(C(=O)O)cc2C1. The summed E-state index contributed by atoms with van der Waals surface area (Å²) in [4.78, 5) is 19.4. The lowest BCUT2D eigenvalue weighted by Crippen LogP contribution is -2.30. The first kappa shape index (κ1) is 13.3. The van der Waals surface area contributed by atoms with Gasteiger partial charge in [0.25, 0.3) is 0 Å². The third-order valence-corrected chi connectivity index (χ3v) is 4.89. The van der Waals surface area contributed by atoms with Crippen LogP contribution in [-0.2, 0) is 26.1 Å². The van der Waals surface area contributed by atoms with Crippen LogP contribution in [0.1, 0.15) is 32.9 Å². The lowest BCUT2D eigenvalue weighted by molar-refractivity contribution is 0.0702. The van der Waals surface area contributed by atoms with Crippen LogP contribution in [0.3, 0.4) is 0 Å². The Morgan fingerprint density at radius 3 is 3.15 bits per heavy atom. The summed E-state index contributed by atoms with van der Waals surface area (Å²) >= 11 is 1.41. The molecule has 106 valence electrons. The number of fused-ring (bicyclic) bond motifs is 1. The molecule has 0 radical (unpaired) electrons. The molecule has 2 aromatic heterocycles. The highest BCUT2D eigenvalue weighted by Crippen LogP contribution is 2.28. The largest absolute Gasteiger partial charge is 0.477 e. The molecule has 0 saturated heterocycles. The molecule has 20 heavy (non-hydrogen) atoms. The fourth-order valence-electron chi connectivity index (χ4n) is 2.61. The number of aromatic nitrogens is 2. The van der Waals surface area contributed by atoms with Gasteiger partial charge in [0.2, 0.25) is 0 Å². The Bertz CT molecular complexity index is 632. The molecule has 0 fully saturated rings. The first-order valence-electron chi connectivity index (χ1n) is 6.74. The average molecular weight is 291 g/mol. The number of carboxylic acid groups (broad SMARTS) is 1. The smallest absolute Gasteiger partial charge is 0.345 e. The molecule has 0 amide bonds. The number of carboxylic acids is 1.